The minimum Gasteiger partial charge on any atom is -0.334 e. The summed E-state index contributed by atoms with van der Waals surface area (Å²) in [5.41, 5.74) is 0.515. The second kappa shape index (κ2) is 10.4. The molecule has 0 saturated carbocycles. The molecule has 4 rings (SSSR count). The Morgan fingerprint density at radius 2 is 1.13 bits per heavy atom. The molecule has 2 aromatic carbocycles. The Morgan fingerprint density at radius 3 is 1.47 bits per heavy atom. The monoisotopic (exact) mass is 580 g/mol. The van der Waals surface area contributed by atoms with Gasteiger partial charge in [0.25, 0.3) is 11.8 Å². The lowest BCUT2D eigenvalue weighted by Gasteiger charge is -1.97. The van der Waals surface area contributed by atoms with E-state index >= 15 is 0 Å². The smallest absolute Gasteiger partial charge is 0.260 e. The first-order chi connectivity index (χ1) is 14.4. The third-order valence-electron chi connectivity index (χ3n) is 3.49. The molecule has 0 saturated heterocycles. The summed E-state index contributed by atoms with van der Waals surface area (Å²) in [6.45, 7) is 0. The van der Waals surface area contributed by atoms with Gasteiger partial charge in [0.1, 0.15) is 11.6 Å². The van der Waals surface area contributed by atoms with Crippen LogP contribution >= 0.6 is 55.1 Å². The molecule has 0 aliphatic rings. The van der Waals surface area contributed by atoms with Crippen molar-refractivity contribution in [3.05, 3.63) is 68.6 Å². The molecule has 30 heavy (non-hydrogen) atoms. The van der Waals surface area contributed by atoms with E-state index in [-0.39, 0.29) is 34.7 Å². The number of halogens is 6. The Bertz CT molecular complexity index is 1070. The van der Waals surface area contributed by atoms with Crippen molar-refractivity contribution in [2.24, 2.45) is 0 Å². The second-order valence-electron chi connectivity index (χ2n) is 5.55. The van der Waals surface area contributed by atoms with E-state index in [0.29, 0.717) is 11.6 Å². The standard InChI is InChI=1S/2C9H5BrClFN2O/c2*10-5-1-2-7(12)6(3-5)9-13-8(4-11)14-15-9/h2*1-3H,4H2. The number of rotatable bonds is 4. The van der Waals surface area contributed by atoms with E-state index in [4.69, 9.17) is 32.2 Å². The molecule has 0 spiro atoms. The van der Waals surface area contributed by atoms with Crippen molar-refractivity contribution in [3.8, 4) is 22.9 Å². The van der Waals surface area contributed by atoms with Crippen molar-refractivity contribution < 1.29 is 17.8 Å². The van der Waals surface area contributed by atoms with Gasteiger partial charge in [0.2, 0.25) is 0 Å². The van der Waals surface area contributed by atoms with Crippen molar-refractivity contribution in [2.45, 2.75) is 11.8 Å². The van der Waals surface area contributed by atoms with E-state index in [1.807, 2.05) is 0 Å². The van der Waals surface area contributed by atoms with Crippen LogP contribution in [0.15, 0.2) is 54.4 Å². The van der Waals surface area contributed by atoms with Gasteiger partial charge in [0.05, 0.1) is 22.9 Å². The fourth-order valence-electron chi connectivity index (χ4n) is 2.16. The summed E-state index contributed by atoms with van der Waals surface area (Å²) in [6, 6.07) is 8.98. The van der Waals surface area contributed by atoms with E-state index in [2.05, 4.69) is 52.1 Å². The molecule has 0 aliphatic heterocycles. The summed E-state index contributed by atoms with van der Waals surface area (Å²) in [5.74, 6) is 0.384. The average molecular weight is 583 g/mol. The summed E-state index contributed by atoms with van der Waals surface area (Å²) in [4.78, 5) is 7.86. The van der Waals surface area contributed by atoms with Crippen LogP contribution in [0.25, 0.3) is 22.9 Å². The lowest BCUT2D eigenvalue weighted by molar-refractivity contribution is 0.422. The quantitative estimate of drug-likeness (QED) is 0.248. The summed E-state index contributed by atoms with van der Waals surface area (Å²) < 4.78 is 38.0. The van der Waals surface area contributed by atoms with Gasteiger partial charge in [-0.05, 0) is 36.4 Å². The minimum absolute atomic E-state index is 0.129. The first-order valence-electron chi connectivity index (χ1n) is 8.09. The van der Waals surface area contributed by atoms with Gasteiger partial charge in [0.15, 0.2) is 11.6 Å². The van der Waals surface area contributed by atoms with Crippen molar-refractivity contribution in [2.75, 3.05) is 0 Å². The van der Waals surface area contributed by atoms with Crippen LogP contribution in [-0.2, 0) is 11.8 Å². The van der Waals surface area contributed by atoms with Gasteiger partial charge in [-0.3, -0.25) is 0 Å². The highest BCUT2D eigenvalue weighted by molar-refractivity contribution is 9.10. The SMILES string of the molecule is Fc1ccc(Br)cc1-c1nc(CCl)no1.Fc1ccc(Br)cc1-c1nc(CCl)no1. The number of aromatic nitrogens is 4. The largest absolute Gasteiger partial charge is 0.334 e. The highest BCUT2D eigenvalue weighted by Gasteiger charge is 2.14. The van der Waals surface area contributed by atoms with Gasteiger partial charge in [-0.15, -0.1) is 23.2 Å². The first-order valence-corrected chi connectivity index (χ1v) is 10.7. The number of hydrogen-bond donors (Lipinski definition) is 0. The van der Waals surface area contributed by atoms with Crippen molar-refractivity contribution in [1.82, 2.24) is 20.3 Å². The zero-order chi connectivity index (χ0) is 21.7. The van der Waals surface area contributed by atoms with Crippen molar-refractivity contribution >= 4 is 55.1 Å². The van der Waals surface area contributed by atoms with E-state index in [9.17, 15) is 8.78 Å². The molecule has 0 fully saturated rings. The van der Waals surface area contributed by atoms with Gasteiger partial charge in [-0.25, -0.2) is 8.78 Å². The molecule has 12 heteroatoms. The molecule has 4 aromatic rings. The number of alkyl halides is 2. The predicted octanol–water partition coefficient (Wildman–Crippen LogP) is 6.75. The van der Waals surface area contributed by atoms with Crippen molar-refractivity contribution in [1.29, 1.82) is 0 Å². The fraction of sp³-hybridized carbons (Fsp3) is 0.111. The maximum Gasteiger partial charge on any atom is 0.260 e. The summed E-state index contributed by atoms with van der Waals surface area (Å²) >= 11 is 17.5. The van der Waals surface area contributed by atoms with Crippen LogP contribution in [-0.4, -0.2) is 20.3 Å². The van der Waals surface area contributed by atoms with Crippen LogP contribution in [0.1, 0.15) is 11.6 Å². The van der Waals surface area contributed by atoms with Gasteiger partial charge in [0, 0.05) is 8.95 Å². The van der Waals surface area contributed by atoms with E-state index in [0.717, 1.165) is 8.95 Å². The molecule has 0 amide bonds. The molecule has 2 heterocycles. The average Bonchev–Trinajstić information content (AvgIpc) is 3.41. The number of hydrogen-bond acceptors (Lipinski definition) is 6. The zero-order valence-electron chi connectivity index (χ0n) is 14.8. The second-order valence-corrected chi connectivity index (χ2v) is 7.91. The number of nitrogens with zero attached hydrogens (tertiary/aromatic N) is 4. The van der Waals surface area contributed by atoms with Crippen LogP contribution in [0, 0.1) is 11.6 Å². The van der Waals surface area contributed by atoms with Crippen LogP contribution in [0.5, 0.6) is 0 Å². The van der Waals surface area contributed by atoms with Gasteiger partial charge in [-0.2, -0.15) is 9.97 Å². The molecule has 2 aromatic heterocycles. The number of benzene rings is 2. The summed E-state index contributed by atoms with van der Waals surface area (Å²) in [7, 11) is 0. The lowest BCUT2D eigenvalue weighted by atomic mass is 10.2. The predicted molar refractivity (Wildman–Crippen MR) is 114 cm³/mol. The Hall–Kier alpha value is -1.88. The third kappa shape index (κ3) is 5.63. The molecule has 0 unspecified atom stereocenters. The maximum atomic E-state index is 13.4. The van der Waals surface area contributed by atoms with E-state index < -0.39 is 11.6 Å². The Kier molecular flexibility index (Phi) is 7.93. The van der Waals surface area contributed by atoms with Crippen LogP contribution < -0.4 is 0 Å². The van der Waals surface area contributed by atoms with Crippen LogP contribution in [0.4, 0.5) is 8.78 Å². The Balaban J connectivity index is 0.000000171. The Labute approximate surface area is 195 Å². The summed E-state index contributed by atoms with van der Waals surface area (Å²) in [6.07, 6.45) is 0. The fourth-order valence-corrected chi connectivity index (χ4v) is 3.10. The normalized spacial score (nSPS) is 10.6. The van der Waals surface area contributed by atoms with E-state index in [1.54, 1.807) is 24.3 Å². The van der Waals surface area contributed by atoms with Crippen LogP contribution in [0.3, 0.4) is 0 Å². The molecular formula is C18H10Br2Cl2F2N4O2. The van der Waals surface area contributed by atoms with Gasteiger partial charge < -0.3 is 9.05 Å². The Morgan fingerprint density at radius 1 is 0.733 bits per heavy atom. The molecule has 0 N–H and O–H groups in total. The lowest BCUT2D eigenvalue weighted by Crippen LogP contribution is -1.85. The van der Waals surface area contributed by atoms with Gasteiger partial charge >= 0.3 is 0 Å². The maximum absolute atomic E-state index is 13.4. The molecular weight excluding hydrogens is 573 g/mol. The van der Waals surface area contributed by atoms with Gasteiger partial charge in [-0.1, -0.05) is 42.2 Å². The minimum atomic E-state index is -0.414. The first kappa shape index (κ1) is 22.8. The molecule has 0 aliphatic carbocycles. The molecule has 0 atom stereocenters. The van der Waals surface area contributed by atoms with Crippen molar-refractivity contribution in [3.63, 3.8) is 0 Å². The molecule has 6 nitrogen and oxygen atoms in total. The van der Waals surface area contributed by atoms with E-state index in [1.165, 1.54) is 12.1 Å². The molecule has 0 radical (unpaired) electrons. The zero-order valence-corrected chi connectivity index (χ0v) is 19.4. The highest BCUT2D eigenvalue weighted by Crippen LogP contribution is 2.26. The molecule has 156 valence electrons. The van der Waals surface area contributed by atoms with Crippen LogP contribution in [0.2, 0.25) is 0 Å². The molecule has 0 bridgehead atoms. The topological polar surface area (TPSA) is 77.8 Å². The highest BCUT2D eigenvalue weighted by atomic mass is 79.9. The summed E-state index contributed by atoms with van der Waals surface area (Å²) in [5, 5.41) is 7.16. The third-order valence-corrected chi connectivity index (χ3v) is 4.96.